The van der Waals surface area contributed by atoms with Crippen molar-refractivity contribution in [3.8, 4) is 0 Å². The minimum atomic E-state index is 0.683. The van der Waals surface area contributed by atoms with Crippen LogP contribution in [-0.4, -0.2) is 4.98 Å². The Kier molecular flexibility index (Phi) is 7.70. The van der Waals surface area contributed by atoms with Crippen molar-refractivity contribution in [3.05, 3.63) is 30.1 Å². The zero-order valence-electron chi connectivity index (χ0n) is 11.5. The Morgan fingerprint density at radius 2 is 1.76 bits per heavy atom. The van der Waals surface area contributed by atoms with Crippen molar-refractivity contribution in [2.45, 2.75) is 71.1 Å². The van der Waals surface area contributed by atoms with Crippen molar-refractivity contribution < 1.29 is 0 Å². The third-order valence-corrected chi connectivity index (χ3v) is 3.40. The van der Waals surface area contributed by atoms with Crippen LogP contribution in [0.15, 0.2) is 24.4 Å². The van der Waals surface area contributed by atoms with Gasteiger partial charge in [0.1, 0.15) is 0 Å². The molecule has 0 spiro atoms. The molecule has 0 aromatic carbocycles. The molecule has 0 radical (unpaired) electrons. The molecule has 1 aromatic rings. The Morgan fingerprint density at radius 1 is 0.941 bits per heavy atom. The van der Waals surface area contributed by atoms with Gasteiger partial charge in [0.15, 0.2) is 0 Å². The van der Waals surface area contributed by atoms with E-state index in [4.69, 9.17) is 0 Å². The van der Waals surface area contributed by atoms with Crippen LogP contribution in [0.1, 0.15) is 76.8 Å². The van der Waals surface area contributed by atoms with Crippen LogP contribution in [0, 0.1) is 0 Å². The van der Waals surface area contributed by atoms with Gasteiger partial charge in [0.25, 0.3) is 0 Å². The van der Waals surface area contributed by atoms with E-state index in [1.165, 1.54) is 57.1 Å². The first-order chi connectivity index (χ1) is 8.38. The molecule has 1 nitrogen and oxygen atoms in total. The molecule has 0 fully saturated rings. The van der Waals surface area contributed by atoms with Gasteiger partial charge in [0.2, 0.25) is 0 Å². The van der Waals surface area contributed by atoms with E-state index in [9.17, 15) is 0 Å². The Balaban J connectivity index is 2.33. The number of hydrogen-bond acceptors (Lipinski definition) is 1. The van der Waals surface area contributed by atoms with E-state index in [-0.39, 0.29) is 0 Å². The molecule has 0 saturated carbocycles. The smallest absolute Gasteiger partial charge is 0.0434 e. The second-order valence-corrected chi connectivity index (χ2v) is 4.94. The molecule has 1 rings (SSSR count). The normalized spacial score (nSPS) is 12.6. The number of rotatable bonds is 9. The highest BCUT2D eigenvalue weighted by Gasteiger charge is 2.10. The maximum Gasteiger partial charge on any atom is 0.0434 e. The van der Waals surface area contributed by atoms with E-state index < -0.39 is 0 Å². The number of aromatic nitrogens is 1. The van der Waals surface area contributed by atoms with Crippen LogP contribution in [0.25, 0.3) is 0 Å². The maximum atomic E-state index is 4.51. The van der Waals surface area contributed by atoms with E-state index in [1.807, 2.05) is 12.3 Å². The molecule has 1 heteroatoms. The summed E-state index contributed by atoms with van der Waals surface area (Å²) in [4.78, 5) is 4.51. The minimum Gasteiger partial charge on any atom is -0.261 e. The molecule has 1 unspecified atom stereocenters. The quantitative estimate of drug-likeness (QED) is 0.526. The lowest BCUT2D eigenvalue weighted by molar-refractivity contribution is 0.507. The van der Waals surface area contributed by atoms with Crippen molar-refractivity contribution in [3.63, 3.8) is 0 Å². The monoisotopic (exact) mass is 233 g/mol. The molecule has 0 bridgehead atoms. The highest BCUT2D eigenvalue weighted by molar-refractivity contribution is 5.09. The van der Waals surface area contributed by atoms with Crippen molar-refractivity contribution in [2.24, 2.45) is 0 Å². The topological polar surface area (TPSA) is 12.9 Å². The zero-order chi connectivity index (χ0) is 12.3. The van der Waals surface area contributed by atoms with Crippen LogP contribution in [0.5, 0.6) is 0 Å². The van der Waals surface area contributed by atoms with Gasteiger partial charge in [-0.25, -0.2) is 0 Å². The first-order valence-electron chi connectivity index (χ1n) is 7.29. The lowest BCUT2D eigenvalue weighted by atomic mass is 9.92. The molecular weight excluding hydrogens is 206 g/mol. The number of nitrogens with zero attached hydrogens (tertiary/aromatic N) is 1. The predicted molar refractivity (Wildman–Crippen MR) is 75.3 cm³/mol. The first kappa shape index (κ1) is 14.2. The molecule has 0 saturated heterocycles. The molecular formula is C16H27N. The standard InChI is InChI=1S/C16H27N/c1-3-5-6-7-8-12-15(11-4-2)16-13-9-10-14-17-16/h9-10,13-15H,3-8,11-12H2,1-2H3. The second-order valence-electron chi connectivity index (χ2n) is 4.94. The summed E-state index contributed by atoms with van der Waals surface area (Å²) < 4.78 is 0. The number of unbranched alkanes of at least 4 members (excludes halogenated alkanes) is 4. The van der Waals surface area contributed by atoms with Gasteiger partial charge in [0, 0.05) is 17.8 Å². The highest BCUT2D eigenvalue weighted by atomic mass is 14.7. The Hall–Kier alpha value is -0.850. The van der Waals surface area contributed by atoms with Crippen molar-refractivity contribution in [2.75, 3.05) is 0 Å². The van der Waals surface area contributed by atoms with Crippen LogP contribution in [-0.2, 0) is 0 Å². The van der Waals surface area contributed by atoms with Gasteiger partial charge in [-0.3, -0.25) is 4.98 Å². The summed E-state index contributed by atoms with van der Waals surface area (Å²) in [5.74, 6) is 0.683. The molecule has 1 aromatic heterocycles. The molecule has 0 N–H and O–H groups in total. The molecule has 0 aliphatic rings. The van der Waals surface area contributed by atoms with E-state index in [1.54, 1.807) is 0 Å². The van der Waals surface area contributed by atoms with E-state index in [2.05, 4.69) is 31.0 Å². The van der Waals surface area contributed by atoms with Crippen molar-refractivity contribution in [1.29, 1.82) is 0 Å². The molecule has 0 amide bonds. The van der Waals surface area contributed by atoms with Gasteiger partial charge in [-0.15, -0.1) is 0 Å². The third kappa shape index (κ3) is 5.86. The molecule has 17 heavy (non-hydrogen) atoms. The van der Waals surface area contributed by atoms with Crippen LogP contribution in [0.3, 0.4) is 0 Å². The Morgan fingerprint density at radius 3 is 2.41 bits per heavy atom. The summed E-state index contributed by atoms with van der Waals surface area (Å²) in [6, 6.07) is 6.31. The lowest BCUT2D eigenvalue weighted by Gasteiger charge is -2.15. The third-order valence-electron chi connectivity index (χ3n) is 3.40. The fraction of sp³-hybridized carbons (Fsp3) is 0.688. The summed E-state index contributed by atoms with van der Waals surface area (Å²) in [5.41, 5.74) is 1.30. The van der Waals surface area contributed by atoms with Crippen LogP contribution in [0.4, 0.5) is 0 Å². The Bertz CT molecular complexity index is 268. The maximum absolute atomic E-state index is 4.51. The van der Waals surface area contributed by atoms with Crippen LogP contribution >= 0.6 is 0 Å². The molecule has 1 heterocycles. The zero-order valence-corrected chi connectivity index (χ0v) is 11.5. The van der Waals surface area contributed by atoms with Crippen molar-refractivity contribution >= 4 is 0 Å². The number of hydrogen-bond donors (Lipinski definition) is 0. The fourth-order valence-electron chi connectivity index (χ4n) is 2.40. The summed E-state index contributed by atoms with van der Waals surface area (Å²) in [6.45, 7) is 4.54. The molecule has 0 aliphatic heterocycles. The van der Waals surface area contributed by atoms with E-state index in [0.717, 1.165) is 0 Å². The van der Waals surface area contributed by atoms with Crippen LogP contribution in [0.2, 0.25) is 0 Å². The van der Waals surface area contributed by atoms with Gasteiger partial charge in [-0.05, 0) is 25.0 Å². The molecule has 96 valence electrons. The van der Waals surface area contributed by atoms with Gasteiger partial charge in [0.05, 0.1) is 0 Å². The summed E-state index contributed by atoms with van der Waals surface area (Å²) in [6.07, 6.45) is 12.7. The molecule has 0 aliphatic carbocycles. The van der Waals surface area contributed by atoms with Gasteiger partial charge in [-0.1, -0.05) is 58.4 Å². The van der Waals surface area contributed by atoms with E-state index in [0.29, 0.717) is 5.92 Å². The fourth-order valence-corrected chi connectivity index (χ4v) is 2.40. The van der Waals surface area contributed by atoms with Gasteiger partial charge < -0.3 is 0 Å². The Labute approximate surface area is 107 Å². The average Bonchev–Trinajstić information content (AvgIpc) is 2.38. The lowest BCUT2D eigenvalue weighted by Crippen LogP contribution is -2.01. The first-order valence-corrected chi connectivity index (χ1v) is 7.29. The van der Waals surface area contributed by atoms with Crippen LogP contribution < -0.4 is 0 Å². The minimum absolute atomic E-state index is 0.683. The number of pyridine rings is 1. The van der Waals surface area contributed by atoms with Gasteiger partial charge in [-0.2, -0.15) is 0 Å². The highest BCUT2D eigenvalue weighted by Crippen LogP contribution is 2.25. The SMILES string of the molecule is CCCCCCCC(CCC)c1ccccn1. The van der Waals surface area contributed by atoms with Gasteiger partial charge >= 0.3 is 0 Å². The summed E-state index contributed by atoms with van der Waals surface area (Å²) >= 11 is 0. The largest absolute Gasteiger partial charge is 0.261 e. The summed E-state index contributed by atoms with van der Waals surface area (Å²) in [5, 5.41) is 0. The average molecular weight is 233 g/mol. The second kappa shape index (κ2) is 9.21. The summed E-state index contributed by atoms with van der Waals surface area (Å²) in [7, 11) is 0. The molecule has 1 atom stereocenters. The predicted octanol–water partition coefficient (Wildman–Crippen LogP) is 5.33. The van der Waals surface area contributed by atoms with E-state index >= 15 is 0 Å². The van der Waals surface area contributed by atoms with Crippen molar-refractivity contribution in [1.82, 2.24) is 4.98 Å².